The van der Waals surface area contributed by atoms with E-state index in [4.69, 9.17) is 9.51 Å². The van der Waals surface area contributed by atoms with Gasteiger partial charge >= 0.3 is 6.03 Å². The summed E-state index contributed by atoms with van der Waals surface area (Å²) < 4.78 is 5.67. The van der Waals surface area contributed by atoms with E-state index in [-0.39, 0.29) is 6.03 Å². The average molecular weight is 437 g/mol. The molecule has 0 spiro atoms. The largest absolute Gasteiger partial charge is 0.354 e. The molecule has 0 bridgehead atoms. The zero-order valence-electron chi connectivity index (χ0n) is 19.0. The summed E-state index contributed by atoms with van der Waals surface area (Å²) in [5.41, 5.74) is 2.26. The van der Waals surface area contributed by atoms with Gasteiger partial charge in [0.25, 0.3) is 5.71 Å². The summed E-state index contributed by atoms with van der Waals surface area (Å²) in [6.07, 6.45) is 4.68. The molecule has 1 aliphatic heterocycles. The van der Waals surface area contributed by atoms with Crippen LogP contribution in [0.1, 0.15) is 45.4 Å². The first-order valence-electron chi connectivity index (χ1n) is 11.7. The smallest absolute Gasteiger partial charge is 0.317 e. The third kappa shape index (κ3) is 4.84. The number of carbonyl (C=O) groups is 1. The Morgan fingerprint density at radius 1 is 1.06 bits per heavy atom. The molecule has 4 rings (SSSR count). The molecule has 1 saturated heterocycles. The van der Waals surface area contributed by atoms with E-state index < -0.39 is 0 Å². The molecule has 3 aromatic rings. The molecular weight excluding hydrogens is 404 g/mol. The van der Waals surface area contributed by atoms with E-state index in [0.717, 1.165) is 80.0 Å². The Balaban J connectivity index is 1.63. The monoisotopic (exact) mass is 436 g/mol. The second-order valence-corrected chi connectivity index (χ2v) is 8.20. The first kappa shape index (κ1) is 22.0. The van der Waals surface area contributed by atoms with E-state index in [0.29, 0.717) is 18.8 Å². The first-order chi connectivity index (χ1) is 15.7. The number of benzene rings is 1. The lowest BCUT2D eigenvalue weighted by Gasteiger charge is -2.24. The summed E-state index contributed by atoms with van der Waals surface area (Å²) in [5.74, 6) is 1.62. The molecule has 0 saturated carbocycles. The standard InChI is InChI=1S/C24H32N6O2/c1-3-5-13-25-24(31)30-15-9-14-29(16-17-30)22-20-21(18-11-7-6-8-12-18)28-32-23(20)27-19(26-22)10-4-2/h6-8,11-12H,3-5,9-10,13-17H2,1-2H3,(H,25,31). The minimum absolute atomic E-state index is 0.0229. The number of aromatic nitrogens is 3. The predicted molar refractivity (Wildman–Crippen MR) is 126 cm³/mol. The van der Waals surface area contributed by atoms with Gasteiger partial charge in [-0.1, -0.05) is 55.8 Å². The molecule has 0 unspecified atom stereocenters. The van der Waals surface area contributed by atoms with Crippen molar-refractivity contribution in [2.24, 2.45) is 0 Å². The number of rotatable bonds is 7. The number of fused-ring (bicyclic) bond motifs is 1. The van der Waals surface area contributed by atoms with Crippen molar-refractivity contribution in [2.75, 3.05) is 37.6 Å². The number of nitrogens with zero attached hydrogens (tertiary/aromatic N) is 5. The van der Waals surface area contributed by atoms with Crippen molar-refractivity contribution in [1.82, 2.24) is 25.3 Å². The predicted octanol–water partition coefficient (Wildman–Crippen LogP) is 4.26. The highest BCUT2D eigenvalue weighted by Crippen LogP contribution is 2.34. The van der Waals surface area contributed by atoms with Gasteiger partial charge in [-0.05, 0) is 19.3 Å². The van der Waals surface area contributed by atoms with Crippen molar-refractivity contribution in [1.29, 1.82) is 0 Å². The van der Waals surface area contributed by atoms with Gasteiger partial charge in [0, 0.05) is 44.7 Å². The van der Waals surface area contributed by atoms with E-state index in [9.17, 15) is 4.79 Å². The molecule has 1 aliphatic rings. The second-order valence-electron chi connectivity index (χ2n) is 8.20. The number of hydrogen-bond donors (Lipinski definition) is 1. The maximum Gasteiger partial charge on any atom is 0.317 e. The molecule has 0 radical (unpaired) electrons. The fourth-order valence-electron chi connectivity index (χ4n) is 4.05. The van der Waals surface area contributed by atoms with Crippen LogP contribution in [0.25, 0.3) is 22.4 Å². The van der Waals surface area contributed by atoms with Crippen molar-refractivity contribution in [2.45, 2.75) is 46.0 Å². The van der Waals surface area contributed by atoms with Crippen LogP contribution in [0.2, 0.25) is 0 Å². The molecule has 0 atom stereocenters. The molecule has 2 amide bonds. The Bertz CT molecular complexity index is 1040. The van der Waals surface area contributed by atoms with Crippen LogP contribution in [-0.4, -0.2) is 58.8 Å². The summed E-state index contributed by atoms with van der Waals surface area (Å²) in [6, 6.07) is 10.0. The van der Waals surface area contributed by atoms with Crippen molar-refractivity contribution in [3.05, 3.63) is 36.2 Å². The number of hydrogen-bond acceptors (Lipinski definition) is 6. The molecule has 3 heterocycles. The van der Waals surface area contributed by atoms with E-state index >= 15 is 0 Å². The van der Waals surface area contributed by atoms with Crippen LogP contribution in [0.15, 0.2) is 34.9 Å². The van der Waals surface area contributed by atoms with E-state index in [2.05, 4.69) is 34.2 Å². The summed E-state index contributed by atoms with van der Waals surface area (Å²) in [7, 11) is 0. The Morgan fingerprint density at radius 3 is 2.69 bits per heavy atom. The molecule has 8 heteroatoms. The molecular formula is C24H32N6O2. The van der Waals surface area contributed by atoms with Gasteiger partial charge in [0.2, 0.25) is 0 Å². The number of urea groups is 1. The van der Waals surface area contributed by atoms with Gasteiger partial charge in [-0.25, -0.2) is 9.78 Å². The summed E-state index contributed by atoms with van der Waals surface area (Å²) in [4.78, 5) is 26.3. The minimum Gasteiger partial charge on any atom is -0.354 e. The van der Waals surface area contributed by atoms with Crippen LogP contribution >= 0.6 is 0 Å². The second kappa shape index (κ2) is 10.4. The zero-order chi connectivity index (χ0) is 22.3. The van der Waals surface area contributed by atoms with Gasteiger partial charge in [0.1, 0.15) is 22.7 Å². The van der Waals surface area contributed by atoms with Crippen LogP contribution in [0.4, 0.5) is 10.6 Å². The zero-order valence-corrected chi connectivity index (χ0v) is 19.0. The van der Waals surface area contributed by atoms with Crippen LogP contribution in [0.3, 0.4) is 0 Å². The number of unbranched alkanes of at least 4 members (excludes halogenated alkanes) is 1. The van der Waals surface area contributed by atoms with E-state index in [1.807, 2.05) is 35.2 Å². The Morgan fingerprint density at radius 2 is 1.91 bits per heavy atom. The molecule has 1 fully saturated rings. The van der Waals surface area contributed by atoms with Crippen LogP contribution in [0.5, 0.6) is 0 Å². The lowest BCUT2D eigenvalue weighted by molar-refractivity contribution is 0.201. The van der Waals surface area contributed by atoms with Crippen LogP contribution < -0.4 is 10.2 Å². The van der Waals surface area contributed by atoms with Gasteiger partial charge in [-0.2, -0.15) is 4.98 Å². The van der Waals surface area contributed by atoms with Gasteiger partial charge < -0.3 is 19.6 Å². The number of anilines is 1. The molecule has 1 N–H and O–H groups in total. The Hall–Kier alpha value is -3.16. The van der Waals surface area contributed by atoms with Crippen LogP contribution in [0, 0.1) is 0 Å². The SMILES string of the molecule is CCCCNC(=O)N1CCCN(c2nc(CCC)nc3onc(-c4ccccc4)c23)CC1. The highest BCUT2D eigenvalue weighted by molar-refractivity contribution is 5.98. The number of amides is 2. The summed E-state index contributed by atoms with van der Waals surface area (Å²) in [5, 5.41) is 8.23. The molecule has 1 aromatic carbocycles. The highest BCUT2D eigenvalue weighted by atomic mass is 16.5. The maximum atomic E-state index is 12.6. The van der Waals surface area contributed by atoms with Crippen molar-refractivity contribution >= 4 is 22.9 Å². The Labute approximate surface area is 189 Å². The summed E-state index contributed by atoms with van der Waals surface area (Å²) in [6.45, 7) is 7.87. The van der Waals surface area contributed by atoms with Crippen molar-refractivity contribution in [3.8, 4) is 11.3 Å². The average Bonchev–Trinajstić information content (AvgIpc) is 3.08. The van der Waals surface area contributed by atoms with E-state index in [1.165, 1.54) is 0 Å². The topological polar surface area (TPSA) is 87.4 Å². The molecule has 170 valence electrons. The number of aryl methyl sites for hydroxylation is 1. The summed E-state index contributed by atoms with van der Waals surface area (Å²) >= 11 is 0. The van der Waals surface area contributed by atoms with Crippen molar-refractivity contribution in [3.63, 3.8) is 0 Å². The normalized spacial score (nSPS) is 14.6. The van der Waals surface area contributed by atoms with Crippen LogP contribution in [-0.2, 0) is 6.42 Å². The first-order valence-corrected chi connectivity index (χ1v) is 11.7. The lowest BCUT2D eigenvalue weighted by Crippen LogP contribution is -2.42. The third-order valence-electron chi connectivity index (χ3n) is 5.77. The maximum absolute atomic E-state index is 12.6. The van der Waals surface area contributed by atoms with Gasteiger partial charge in [-0.3, -0.25) is 0 Å². The minimum atomic E-state index is 0.0229. The van der Waals surface area contributed by atoms with Gasteiger partial charge in [-0.15, -0.1) is 0 Å². The Kier molecular flexibility index (Phi) is 7.19. The van der Waals surface area contributed by atoms with E-state index in [1.54, 1.807) is 0 Å². The fourth-order valence-corrected chi connectivity index (χ4v) is 4.05. The third-order valence-corrected chi connectivity index (χ3v) is 5.77. The quantitative estimate of drug-likeness (QED) is 0.557. The fraction of sp³-hybridized carbons (Fsp3) is 0.500. The lowest BCUT2D eigenvalue weighted by atomic mass is 10.1. The number of nitrogens with one attached hydrogen (secondary N) is 1. The molecule has 8 nitrogen and oxygen atoms in total. The van der Waals surface area contributed by atoms with Crippen molar-refractivity contribution < 1.29 is 9.32 Å². The highest BCUT2D eigenvalue weighted by Gasteiger charge is 2.25. The van der Waals surface area contributed by atoms with Gasteiger partial charge in [0.15, 0.2) is 0 Å². The number of carbonyl (C=O) groups excluding carboxylic acids is 1. The van der Waals surface area contributed by atoms with Gasteiger partial charge in [0.05, 0.1) is 0 Å². The molecule has 32 heavy (non-hydrogen) atoms. The molecule has 0 aliphatic carbocycles. The molecule has 2 aromatic heterocycles.